The first kappa shape index (κ1) is 24.1. The number of carbonyl (C=O) groups is 2. The van der Waals surface area contributed by atoms with E-state index in [1.165, 1.54) is 12.1 Å². The Morgan fingerprint density at radius 3 is 2.32 bits per heavy atom. The smallest absolute Gasteiger partial charge is 0.484 e. The highest BCUT2D eigenvalue weighted by Gasteiger charge is 2.47. The molecule has 0 aliphatic heterocycles. The minimum Gasteiger partial charge on any atom is -0.484 e. The van der Waals surface area contributed by atoms with Gasteiger partial charge in [0.25, 0.3) is 11.8 Å². The van der Waals surface area contributed by atoms with Gasteiger partial charge in [-0.05, 0) is 55.4 Å². The first-order valence-corrected chi connectivity index (χ1v) is 10.8. The summed E-state index contributed by atoms with van der Waals surface area (Å²) in [5.41, 5.74) is -0.0415. The van der Waals surface area contributed by atoms with Gasteiger partial charge < -0.3 is 20.1 Å². The van der Waals surface area contributed by atoms with E-state index in [2.05, 4.69) is 20.4 Å². The fourth-order valence-electron chi connectivity index (χ4n) is 4.29. The third-order valence-corrected chi connectivity index (χ3v) is 6.29. The number of halogens is 5. The van der Waals surface area contributed by atoms with E-state index in [0.717, 1.165) is 37.2 Å². The van der Waals surface area contributed by atoms with Gasteiger partial charge in [-0.2, -0.15) is 0 Å². The van der Waals surface area contributed by atoms with Gasteiger partial charge in [0.05, 0.1) is 11.2 Å². The average Bonchev–Trinajstić information content (AvgIpc) is 2.73. The van der Waals surface area contributed by atoms with Gasteiger partial charge in [-0.1, -0.05) is 11.6 Å². The van der Waals surface area contributed by atoms with Crippen molar-refractivity contribution in [3.05, 3.63) is 53.1 Å². The van der Waals surface area contributed by atoms with Gasteiger partial charge in [0.2, 0.25) is 0 Å². The lowest BCUT2D eigenvalue weighted by molar-refractivity contribution is -0.274. The summed E-state index contributed by atoms with van der Waals surface area (Å²) in [7, 11) is 0. The standard InChI is InChI=1S/C22H20ClF4N3O4/c23-15-3-1-13(7-16(15)24)33-10-20(31)29-18-8-19(12-5-11(18)6-12)30-21(32)17-4-2-14(9-28-17)34-22(25,26)27/h1-4,7,9,11-12,18-19H,5-6,8,10H2,(H,29,31)(H,30,32)/t11?,12?,18-,19?/m0/s1. The average molecular weight is 502 g/mol. The highest BCUT2D eigenvalue weighted by Crippen LogP contribution is 2.45. The van der Waals surface area contributed by atoms with E-state index < -0.39 is 23.8 Å². The lowest BCUT2D eigenvalue weighted by Gasteiger charge is -2.51. The molecule has 0 radical (unpaired) electrons. The Kier molecular flexibility index (Phi) is 6.83. The summed E-state index contributed by atoms with van der Waals surface area (Å²) < 4.78 is 59.3. The van der Waals surface area contributed by atoms with Crippen LogP contribution in [0.2, 0.25) is 5.02 Å². The molecule has 2 amide bonds. The number of hydrogen-bond donors (Lipinski definition) is 2. The molecule has 5 rings (SSSR count). The number of amides is 2. The van der Waals surface area contributed by atoms with Crippen molar-refractivity contribution in [3.63, 3.8) is 0 Å². The van der Waals surface area contributed by atoms with Crippen molar-refractivity contribution >= 4 is 23.4 Å². The van der Waals surface area contributed by atoms with Crippen molar-refractivity contribution in [3.8, 4) is 11.5 Å². The molecule has 3 aliphatic rings. The van der Waals surface area contributed by atoms with E-state index in [4.69, 9.17) is 16.3 Å². The molecule has 182 valence electrons. The van der Waals surface area contributed by atoms with E-state index in [0.29, 0.717) is 6.42 Å². The zero-order chi connectivity index (χ0) is 24.5. The summed E-state index contributed by atoms with van der Waals surface area (Å²) in [4.78, 5) is 28.6. The van der Waals surface area contributed by atoms with Crippen LogP contribution in [-0.2, 0) is 4.79 Å². The second kappa shape index (κ2) is 9.65. The van der Waals surface area contributed by atoms with Crippen molar-refractivity contribution in [1.82, 2.24) is 15.6 Å². The highest BCUT2D eigenvalue weighted by atomic mass is 35.5. The summed E-state index contributed by atoms with van der Waals surface area (Å²) in [6.45, 7) is -0.305. The summed E-state index contributed by atoms with van der Waals surface area (Å²) in [5.74, 6) is -1.36. The van der Waals surface area contributed by atoms with Crippen LogP contribution >= 0.6 is 11.6 Å². The SMILES string of the molecule is O=C(COc1ccc(Cl)c(F)c1)N[C@H]1CC(NC(=O)c2ccc(OC(F)(F)F)cn2)C2CC1C2. The molecular formula is C22H20ClF4N3O4. The number of pyridine rings is 1. The number of carbonyl (C=O) groups excluding carboxylic acids is 2. The monoisotopic (exact) mass is 501 g/mol. The van der Waals surface area contributed by atoms with Crippen LogP contribution in [0, 0.1) is 17.7 Å². The predicted octanol–water partition coefficient (Wildman–Crippen LogP) is 3.86. The Balaban J connectivity index is 1.28. The molecule has 7 nitrogen and oxygen atoms in total. The first-order chi connectivity index (χ1) is 16.1. The number of rotatable bonds is 7. The van der Waals surface area contributed by atoms with Crippen LogP contribution in [0.4, 0.5) is 17.6 Å². The Morgan fingerprint density at radius 1 is 1.03 bits per heavy atom. The molecule has 3 saturated carbocycles. The number of ether oxygens (including phenoxy) is 2. The third-order valence-electron chi connectivity index (χ3n) is 5.98. The Hall–Kier alpha value is -3.08. The second-order valence-corrected chi connectivity index (χ2v) is 8.68. The molecule has 2 atom stereocenters. The van der Waals surface area contributed by atoms with E-state index in [9.17, 15) is 27.2 Å². The lowest BCUT2D eigenvalue weighted by Crippen LogP contribution is -2.60. The molecule has 34 heavy (non-hydrogen) atoms. The van der Waals surface area contributed by atoms with Crippen molar-refractivity contribution in [2.75, 3.05) is 6.61 Å². The number of aromatic nitrogens is 1. The summed E-state index contributed by atoms with van der Waals surface area (Å²) in [6, 6.07) is 5.65. The van der Waals surface area contributed by atoms with E-state index >= 15 is 0 Å². The van der Waals surface area contributed by atoms with Crippen molar-refractivity contribution in [1.29, 1.82) is 0 Å². The maximum absolute atomic E-state index is 13.5. The van der Waals surface area contributed by atoms with Gasteiger partial charge in [0.1, 0.15) is 23.0 Å². The maximum atomic E-state index is 13.5. The van der Waals surface area contributed by atoms with Crippen molar-refractivity contribution < 1.29 is 36.6 Å². The van der Waals surface area contributed by atoms with Crippen molar-refractivity contribution in [2.24, 2.45) is 11.8 Å². The van der Waals surface area contributed by atoms with Gasteiger partial charge in [-0.3, -0.25) is 9.59 Å². The van der Waals surface area contributed by atoms with Crippen LogP contribution in [0.15, 0.2) is 36.5 Å². The molecule has 3 fully saturated rings. The van der Waals surface area contributed by atoms with Crippen LogP contribution in [0.5, 0.6) is 11.5 Å². The van der Waals surface area contributed by atoms with Crippen LogP contribution < -0.4 is 20.1 Å². The molecule has 1 aromatic heterocycles. The fraction of sp³-hybridized carbons (Fsp3) is 0.409. The Bertz CT molecular complexity index is 1060. The largest absolute Gasteiger partial charge is 0.573 e. The van der Waals surface area contributed by atoms with E-state index in [1.54, 1.807) is 0 Å². The molecular weight excluding hydrogens is 482 g/mol. The lowest BCUT2D eigenvalue weighted by atomic mass is 9.60. The number of nitrogens with one attached hydrogen (secondary N) is 2. The topological polar surface area (TPSA) is 89.6 Å². The fourth-order valence-corrected chi connectivity index (χ4v) is 4.41. The van der Waals surface area contributed by atoms with Gasteiger partial charge in [0, 0.05) is 18.2 Å². The normalized spacial score (nSPS) is 23.4. The summed E-state index contributed by atoms with van der Waals surface area (Å²) >= 11 is 5.62. The second-order valence-electron chi connectivity index (χ2n) is 8.27. The Morgan fingerprint density at radius 2 is 1.71 bits per heavy atom. The molecule has 2 aromatic rings. The number of nitrogens with zero attached hydrogens (tertiary/aromatic N) is 1. The zero-order valence-electron chi connectivity index (χ0n) is 17.6. The van der Waals surface area contributed by atoms with Crippen molar-refractivity contribution in [2.45, 2.75) is 37.7 Å². The van der Waals surface area contributed by atoms with Gasteiger partial charge in [0.15, 0.2) is 6.61 Å². The van der Waals surface area contributed by atoms with Gasteiger partial charge in [-0.25, -0.2) is 9.37 Å². The first-order valence-electron chi connectivity index (χ1n) is 10.5. The highest BCUT2D eigenvalue weighted by molar-refractivity contribution is 6.30. The molecule has 1 unspecified atom stereocenters. The zero-order valence-corrected chi connectivity index (χ0v) is 18.3. The predicted molar refractivity (Wildman–Crippen MR) is 112 cm³/mol. The molecule has 12 heteroatoms. The van der Waals surface area contributed by atoms with Gasteiger partial charge in [-0.15, -0.1) is 13.2 Å². The quantitative estimate of drug-likeness (QED) is 0.562. The minimum absolute atomic E-state index is 0.0415. The molecule has 0 saturated heterocycles. The molecule has 0 spiro atoms. The molecule has 1 aromatic carbocycles. The Labute approximate surface area is 196 Å². The van der Waals surface area contributed by atoms with Gasteiger partial charge >= 0.3 is 6.36 Å². The van der Waals surface area contributed by atoms with Crippen LogP contribution in [0.3, 0.4) is 0 Å². The van der Waals surface area contributed by atoms with E-state index in [1.807, 2.05) is 0 Å². The van der Waals surface area contributed by atoms with Crippen LogP contribution in [0.25, 0.3) is 0 Å². The molecule has 1 heterocycles. The minimum atomic E-state index is -4.84. The molecule has 2 N–H and O–H groups in total. The molecule has 3 aliphatic carbocycles. The summed E-state index contributed by atoms with van der Waals surface area (Å²) in [5, 5.41) is 5.71. The molecule has 2 bridgehead atoms. The number of fused-ring (bicyclic) bond motifs is 2. The maximum Gasteiger partial charge on any atom is 0.573 e. The number of benzene rings is 1. The summed E-state index contributed by atoms with van der Waals surface area (Å²) in [6.07, 6.45) is -1.87. The third kappa shape index (κ3) is 5.88. The van der Waals surface area contributed by atoms with E-state index in [-0.39, 0.29) is 52.9 Å². The van der Waals surface area contributed by atoms with Crippen LogP contribution in [0.1, 0.15) is 29.8 Å². The number of alkyl halides is 3. The number of hydrogen-bond acceptors (Lipinski definition) is 5. The van der Waals surface area contributed by atoms with Crippen LogP contribution in [-0.4, -0.2) is 41.9 Å².